The summed E-state index contributed by atoms with van der Waals surface area (Å²) in [5.41, 5.74) is 0.843. The van der Waals surface area contributed by atoms with Crippen molar-refractivity contribution < 1.29 is 9.53 Å². The van der Waals surface area contributed by atoms with Gasteiger partial charge in [-0.05, 0) is 32.9 Å². The molecular formula is C15H15Cl2NO2. The predicted octanol–water partition coefficient (Wildman–Crippen LogP) is 4.63. The molecule has 5 heteroatoms. The van der Waals surface area contributed by atoms with Crippen molar-refractivity contribution in [3.63, 3.8) is 0 Å². The molecule has 0 aliphatic heterocycles. The maximum Gasteiger partial charge on any atom is 0.311 e. The molecule has 0 N–H and O–H groups in total. The largest absolute Gasteiger partial charge is 0.460 e. The maximum atomic E-state index is 11.8. The minimum absolute atomic E-state index is 0.0981. The number of fused-ring (bicyclic) bond motifs is 1. The van der Waals surface area contributed by atoms with Gasteiger partial charge in [-0.3, -0.25) is 9.78 Å². The number of nitrogens with zero attached hydrogens (tertiary/aromatic N) is 1. The summed E-state index contributed by atoms with van der Waals surface area (Å²) in [4.78, 5) is 16.1. The number of carbonyl (C=O) groups excluding carboxylic acids is 1. The molecule has 0 saturated heterocycles. The minimum atomic E-state index is -0.548. The topological polar surface area (TPSA) is 39.2 Å². The van der Waals surface area contributed by atoms with Crippen LogP contribution in [0.5, 0.6) is 0 Å². The SMILES string of the molecule is CC(C)(C)C(=O)OCc1c(Cl)ccc2cc(Cl)cnc12. The van der Waals surface area contributed by atoms with E-state index in [1.165, 1.54) is 0 Å². The smallest absolute Gasteiger partial charge is 0.311 e. The summed E-state index contributed by atoms with van der Waals surface area (Å²) >= 11 is 12.1. The van der Waals surface area contributed by atoms with Crippen molar-refractivity contribution in [2.24, 2.45) is 5.41 Å². The number of esters is 1. The standard InChI is InChI=1S/C15H15Cl2NO2/c1-15(2,3)14(19)20-8-11-12(17)5-4-9-6-10(16)7-18-13(9)11/h4-7H,8H2,1-3H3. The van der Waals surface area contributed by atoms with E-state index in [0.717, 1.165) is 5.39 Å². The summed E-state index contributed by atoms with van der Waals surface area (Å²) in [5, 5.41) is 1.94. The third-order valence-electron chi connectivity index (χ3n) is 2.83. The Hall–Kier alpha value is -1.32. The Morgan fingerprint density at radius 3 is 2.65 bits per heavy atom. The zero-order valence-corrected chi connectivity index (χ0v) is 13.0. The summed E-state index contributed by atoms with van der Waals surface area (Å²) < 4.78 is 5.32. The van der Waals surface area contributed by atoms with Crippen molar-refractivity contribution in [3.8, 4) is 0 Å². The average Bonchev–Trinajstić information content (AvgIpc) is 2.36. The van der Waals surface area contributed by atoms with Crippen molar-refractivity contribution in [2.45, 2.75) is 27.4 Å². The quantitative estimate of drug-likeness (QED) is 0.759. The highest BCUT2D eigenvalue weighted by atomic mass is 35.5. The van der Waals surface area contributed by atoms with Crippen LogP contribution in [0.25, 0.3) is 10.9 Å². The molecule has 0 unspecified atom stereocenters. The fourth-order valence-corrected chi connectivity index (χ4v) is 2.08. The number of hydrogen-bond acceptors (Lipinski definition) is 3. The van der Waals surface area contributed by atoms with Crippen molar-refractivity contribution >= 4 is 40.1 Å². The van der Waals surface area contributed by atoms with Crippen LogP contribution in [-0.4, -0.2) is 11.0 Å². The van der Waals surface area contributed by atoms with Crippen LogP contribution in [0.15, 0.2) is 24.4 Å². The second kappa shape index (κ2) is 5.58. The van der Waals surface area contributed by atoms with Crippen LogP contribution in [-0.2, 0) is 16.1 Å². The van der Waals surface area contributed by atoms with Crippen molar-refractivity contribution in [2.75, 3.05) is 0 Å². The summed E-state index contributed by atoms with van der Waals surface area (Å²) in [6.07, 6.45) is 1.55. The molecular weight excluding hydrogens is 297 g/mol. The van der Waals surface area contributed by atoms with Gasteiger partial charge in [0.1, 0.15) is 6.61 Å². The number of aromatic nitrogens is 1. The molecule has 0 bridgehead atoms. The number of ether oxygens (including phenoxy) is 1. The molecule has 2 rings (SSSR count). The fourth-order valence-electron chi connectivity index (χ4n) is 1.70. The molecule has 0 atom stereocenters. The Bertz CT molecular complexity index is 663. The van der Waals surface area contributed by atoms with E-state index < -0.39 is 5.41 Å². The van der Waals surface area contributed by atoms with Crippen molar-refractivity contribution in [1.29, 1.82) is 0 Å². The number of benzene rings is 1. The van der Waals surface area contributed by atoms with Gasteiger partial charge in [0, 0.05) is 22.2 Å². The summed E-state index contributed by atoms with van der Waals surface area (Å²) in [6.45, 7) is 5.51. The molecule has 0 aliphatic carbocycles. The van der Waals surface area contributed by atoms with Gasteiger partial charge in [0.25, 0.3) is 0 Å². The Kier molecular flexibility index (Phi) is 4.21. The van der Waals surface area contributed by atoms with E-state index >= 15 is 0 Å². The zero-order valence-electron chi connectivity index (χ0n) is 11.5. The minimum Gasteiger partial charge on any atom is -0.460 e. The maximum absolute atomic E-state index is 11.8. The number of pyridine rings is 1. The van der Waals surface area contributed by atoms with E-state index in [0.29, 0.717) is 21.1 Å². The first kappa shape index (κ1) is 15.1. The molecule has 0 fully saturated rings. The second-order valence-corrected chi connectivity index (χ2v) is 6.42. The molecule has 0 saturated carbocycles. The molecule has 1 aromatic carbocycles. The third-order valence-corrected chi connectivity index (χ3v) is 3.39. The van der Waals surface area contributed by atoms with E-state index in [1.54, 1.807) is 39.1 Å². The molecule has 0 radical (unpaired) electrons. The average molecular weight is 312 g/mol. The lowest BCUT2D eigenvalue weighted by Gasteiger charge is -2.17. The monoisotopic (exact) mass is 311 g/mol. The molecule has 0 aliphatic rings. The molecule has 0 amide bonds. The third kappa shape index (κ3) is 3.22. The first-order valence-electron chi connectivity index (χ1n) is 6.19. The van der Waals surface area contributed by atoms with Crippen LogP contribution < -0.4 is 0 Å². The Labute approximate surface area is 127 Å². The number of carbonyl (C=O) groups is 1. The first-order chi connectivity index (χ1) is 9.29. The van der Waals surface area contributed by atoms with Gasteiger partial charge >= 0.3 is 5.97 Å². The van der Waals surface area contributed by atoms with Gasteiger partial charge in [-0.1, -0.05) is 29.3 Å². The Balaban J connectivity index is 2.34. The van der Waals surface area contributed by atoms with Crippen LogP contribution in [0.4, 0.5) is 0 Å². The molecule has 3 nitrogen and oxygen atoms in total. The number of rotatable bonds is 2. The van der Waals surface area contributed by atoms with E-state index in [-0.39, 0.29) is 12.6 Å². The second-order valence-electron chi connectivity index (χ2n) is 5.58. The lowest BCUT2D eigenvalue weighted by atomic mass is 9.97. The van der Waals surface area contributed by atoms with Gasteiger partial charge in [-0.25, -0.2) is 0 Å². The molecule has 1 heterocycles. The molecule has 106 valence electrons. The van der Waals surface area contributed by atoms with Crippen LogP contribution in [0.1, 0.15) is 26.3 Å². The van der Waals surface area contributed by atoms with Crippen LogP contribution in [0.2, 0.25) is 10.0 Å². The van der Waals surface area contributed by atoms with Crippen molar-refractivity contribution in [3.05, 3.63) is 40.0 Å². The predicted molar refractivity (Wildman–Crippen MR) is 81.0 cm³/mol. The van der Waals surface area contributed by atoms with Crippen LogP contribution in [0, 0.1) is 5.41 Å². The molecule has 20 heavy (non-hydrogen) atoms. The summed E-state index contributed by atoms with van der Waals surface area (Å²) in [6, 6.07) is 5.39. The van der Waals surface area contributed by atoms with Gasteiger partial charge in [0.2, 0.25) is 0 Å². The molecule has 2 aromatic rings. The van der Waals surface area contributed by atoms with Gasteiger partial charge < -0.3 is 4.74 Å². The highest BCUT2D eigenvalue weighted by Crippen LogP contribution is 2.28. The first-order valence-corrected chi connectivity index (χ1v) is 6.94. The Morgan fingerprint density at radius 1 is 1.30 bits per heavy atom. The van der Waals surface area contributed by atoms with Crippen molar-refractivity contribution in [1.82, 2.24) is 4.98 Å². The normalized spacial score (nSPS) is 11.7. The molecule has 1 aromatic heterocycles. The van der Waals surface area contributed by atoms with E-state index in [2.05, 4.69) is 4.98 Å². The fraction of sp³-hybridized carbons (Fsp3) is 0.333. The molecule has 0 spiro atoms. The van der Waals surface area contributed by atoms with Gasteiger partial charge in [0.15, 0.2) is 0 Å². The lowest BCUT2D eigenvalue weighted by Crippen LogP contribution is -2.22. The highest BCUT2D eigenvalue weighted by Gasteiger charge is 2.23. The van der Waals surface area contributed by atoms with E-state index in [4.69, 9.17) is 27.9 Å². The number of hydrogen-bond donors (Lipinski definition) is 0. The van der Waals surface area contributed by atoms with Gasteiger partial charge in [-0.2, -0.15) is 0 Å². The van der Waals surface area contributed by atoms with Crippen LogP contribution >= 0.6 is 23.2 Å². The summed E-state index contributed by atoms with van der Waals surface area (Å²) in [7, 11) is 0. The number of halogens is 2. The highest BCUT2D eigenvalue weighted by molar-refractivity contribution is 6.33. The van der Waals surface area contributed by atoms with Gasteiger partial charge in [0.05, 0.1) is 16.0 Å². The van der Waals surface area contributed by atoms with Crippen LogP contribution in [0.3, 0.4) is 0 Å². The lowest BCUT2D eigenvalue weighted by molar-refractivity contribution is -0.154. The van der Waals surface area contributed by atoms with E-state index in [1.807, 2.05) is 6.07 Å². The van der Waals surface area contributed by atoms with E-state index in [9.17, 15) is 4.79 Å². The Morgan fingerprint density at radius 2 is 2.00 bits per heavy atom. The zero-order chi connectivity index (χ0) is 14.9. The summed E-state index contributed by atoms with van der Waals surface area (Å²) in [5.74, 6) is -0.278. The van der Waals surface area contributed by atoms with Gasteiger partial charge in [-0.15, -0.1) is 0 Å².